The molecule has 0 bridgehead atoms. The molecule has 2 heterocycles. The highest BCUT2D eigenvalue weighted by Crippen LogP contribution is 2.27. The molecule has 98 valence electrons. The molecule has 0 spiro atoms. The Hall–Kier alpha value is -2.28. The minimum absolute atomic E-state index is 0.0667. The van der Waals surface area contributed by atoms with E-state index >= 15 is 0 Å². The van der Waals surface area contributed by atoms with Gasteiger partial charge in [0, 0.05) is 6.20 Å². The first-order valence-corrected chi connectivity index (χ1v) is 5.68. The van der Waals surface area contributed by atoms with Crippen molar-refractivity contribution in [1.29, 1.82) is 0 Å². The molecule has 1 aliphatic heterocycles. The summed E-state index contributed by atoms with van der Waals surface area (Å²) < 4.78 is 11.5. The van der Waals surface area contributed by atoms with Crippen molar-refractivity contribution in [2.45, 2.75) is 25.2 Å². The Morgan fingerprint density at radius 2 is 2.37 bits per heavy atom. The first kappa shape index (κ1) is 13.2. The number of rotatable bonds is 3. The van der Waals surface area contributed by atoms with Gasteiger partial charge < -0.3 is 14.6 Å². The van der Waals surface area contributed by atoms with Gasteiger partial charge >= 0.3 is 5.69 Å². The molecule has 0 aromatic carbocycles. The highest BCUT2D eigenvalue weighted by molar-refractivity contribution is 5.38. The number of terminal acetylenes is 2. The van der Waals surface area contributed by atoms with E-state index in [1.807, 2.05) is 6.11 Å². The summed E-state index contributed by atoms with van der Waals surface area (Å²) in [5.41, 5.74) is -0.290. The summed E-state index contributed by atoms with van der Waals surface area (Å²) in [5.74, 6) is 2.28. The van der Waals surface area contributed by atoms with Crippen LogP contribution in [0.15, 0.2) is 11.0 Å². The van der Waals surface area contributed by atoms with Crippen LogP contribution in [0.3, 0.4) is 0 Å². The number of hydrogen-bond donors (Lipinski definition) is 1. The Morgan fingerprint density at radius 3 is 2.95 bits per heavy atom. The second kappa shape index (κ2) is 5.57. The Kier molecular flexibility index (Phi) is 3.86. The van der Waals surface area contributed by atoms with E-state index < -0.39 is 11.9 Å². The fraction of sp³-hybridized carbons (Fsp3) is 0.385. The summed E-state index contributed by atoms with van der Waals surface area (Å²) >= 11 is 0. The zero-order valence-corrected chi connectivity index (χ0v) is 10.1. The molecule has 19 heavy (non-hydrogen) atoms. The van der Waals surface area contributed by atoms with Crippen molar-refractivity contribution in [3.63, 3.8) is 0 Å². The topological polar surface area (TPSA) is 73.6 Å². The van der Waals surface area contributed by atoms with Crippen molar-refractivity contribution >= 4 is 0 Å². The van der Waals surface area contributed by atoms with Crippen LogP contribution in [-0.2, 0) is 4.74 Å². The van der Waals surface area contributed by atoms with E-state index in [-0.39, 0.29) is 24.2 Å². The summed E-state index contributed by atoms with van der Waals surface area (Å²) in [4.78, 5) is 15.5. The summed E-state index contributed by atoms with van der Waals surface area (Å²) in [6.07, 6.45) is 14.2. The van der Waals surface area contributed by atoms with Gasteiger partial charge in [0.25, 0.3) is 5.88 Å². The lowest BCUT2D eigenvalue weighted by Gasteiger charge is -2.15. The molecule has 1 aromatic heterocycles. The summed E-state index contributed by atoms with van der Waals surface area (Å²) in [6.45, 7) is -0.0844. The first-order chi connectivity index (χ1) is 9.19. The number of aliphatic hydroxyl groups excluding tert-OH is 1. The standard InChI is InChI=1S/C13H12N2O4/c1-3-9-7-15(11-6-5-10(8-16)19-11)13(17)14-12(9)18-4-2/h1-2,7,10-11,16H,5-6,8H2. The highest BCUT2D eigenvalue weighted by atomic mass is 16.5. The van der Waals surface area contributed by atoms with Crippen LogP contribution in [0.25, 0.3) is 0 Å². The van der Waals surface area contributed by atoms with E-state index in [0.717, 1.165) is 0 Å². The van der Waals surface area contributed by atoms with Crippen LogP contribution in [0.2, 0.25) is 0 Å². The van der Waals surface area contributed by atoms with Crippen molar-refractivity contribution in [2.24, 2.45) is 0 Å². The maximum absolute atomic E-state index is 11.9. The number of hydrogen-bond acceptors (Lipinski definition) is 5. The first-order valence-electron chi connectivity index (χ1n) is 5.68. The Morgan fingerprint density at radius 1 is 1.58 bits per heavy atom. The van der Waals surface area contributed by atoms with Gasteiger partial charge in [0.2, 0.25) is 0 Å². The third kappa shape index (κ3) is 2.60. The molecule has 6 heteroatoms. The quantitative estimate of drug-likeness (QED) is 0.766. The summed E-state index contributed by atoms with van der Waals surface area (Å²) in [5, 5.41) is 9.01. The molecule has 1 aliphatic rings. The van der Waals surface area contributed by atoms with E-state index in [2.05, 4.69) is 10.9 Å². The minimum atomic E-state index is -0.562. The smallest absolute Gasteiger partial charge is 0.353 e. The average Bonchev–Trinajstić information content (AvgIpc) is 2.88. The van der Waals surface area contributed by atoms with Gasteiger partial charge in [-0.25, -0.2) is 4.79 Å². The van der Waals surface area contributed by atoms with E-state index in [9.17, 15) is 4.79 Å². The fourth-order valence-corrected chi connectivity index (χ4v) is 1.92. The fourth-order valence-electron chi connectivity index (χ4n) is 1.92. The SMILES string of the molecule is C#COc1nc(=O)n(C2CCC(CO)O2)cc1C#C. The van der Waals surface area contributed by atoms with Crippen molar-refractivity contribution in [3.8, 4) is 30.8 Å². The second-order valence-electron chi connectivity index (χ2n) is 3.99. The van der Waals surface area contributed by atoms with Gasteiger partial charge in [-0.3, -0.25) is 4.57 Å². The number of aromatic nitrogens is 2. The molecule has 0 saturated carbocycles. The van der Waals surface area contributed by atoms with Crippen LogP contribution in [0.4, 0.5) is 0 Å². The maximum Gasteiger partial charge on any atom is 0.353 e. The monoisotopic (exact) mass is 260 g/mol. The van der Waals surface area contributed by atoms with E-state index in [0.29, 0.717) is 12.8 Å². The van der Waals surface area contributed by atoms with Crippen molar-refractivity contribution in [3.05, 3.63) is 22.2 Å². The number of ether oxygens (including phenoxy) is 2. The van der Waals surface area contributed by atoms with Crippen LogP contribution < -0.4 is 10.4 Å². The van der Waals surface area contributed by atoms with Gasteiger partial charge in [-0.15, -0.1) is 6.42 Å². The Bertz CT molecular complexity index is 609. The highest BCUT2D eigenvalue weighted by Gasteiger charge is 2.27. The van der Waals surface area contributed by atoms with Crippen molar-refractivity contribution in [1.82, 2.24) is 9.55 Å². The van der Waals surface area contributed by atoms with Crippen molar-refractivity contribution < 1.29 is 14.6 Å². The van der Waals surface area contributed by atoms with Crippen LogP contribution in [0, 0.1) is 24.9 Å². The van der Waals surface area contributed by atoms with Crippen LogP contribution in [0.1, 0.15) is 24.6 Å². The van der Waals surface area contributed by atoms with Gasteiger partial charge in [0.1, 0.15) is 17.9 Å². The van der Waals surface area contributed by atoms with Gasteiger partial charge in [-0.05, 0) is 12.8 Å². The Labute approximate surface area is 110 Å². The zero-order chi connectivity index (χ0) is 13.8. The minimum Gasteiger partial charge on any atom is -0.394 e. The van der Waals surface area contributed by atoms with Gasteiger partial charge in [0.15, 0.2) is 0 Å². The maximum atomic E-state index is 11.9. The molecule has 2 unspecified atom stereocenters. The molecule has 0 aliphatic carbocycles. The molecule has 0 radical (unpaired) electrons. The summed E-state index contributed by atoms with van der Waals surface area (Å²) in [6, 6.07) is 0. The van der Waals surface area contributed by atoms with Crippen molar-refractivity contribution in [2.75, 3.05) is 6.61 Å². The van der Waals surface area contributed by atoms with E-state index in [1.165, 1.54) is 10.8 Å². The number of nitrogens with zero attached hydrogens (tertiary/aromatic N) is 2. The molecule has 2 atom stereocenters. The van der Waals surface area contributed by atoms with Crippen LogP contribution in [0.5, 0.6) is 5.88 Å². The Balaban J connectivity index is 2.36. The lowest BCUT2D eigenvalue weighted by Crippen LogP contribution is -2.28. The predicted molar refractivity (Wildman–Crippen MR) is 66.1 cm³/mol. The van der Waals surface area contributed by atoms with E-state index in [4.69, 9.17) is 27.4 Å². The van der Waals surface area contributed by atoms with Crippen LogP contribution >= 0.6 is 0 Å². The summed E-state index contributed by atoms with van der Waals surface area (Å²) in [7, 11) is 0. The van der Waals surface area contributed by atoms with Gasteiger partial charge in [-0.2, -0.15) is 4.98 Å². The number of aliphatic hydroxyl groups is 1. The molecule has 6 nitrogen and oxygen atoms in total. The molecule has 2 rings (SSSR count). The molecule has 1 N–H and O–H groups in total. The molecule has 1 fully saturated rings. The predicted octanol–water partition coefficient (Wildman–Crippen LogP) is -0.136. The molecule has 0 amide bonds. The normalized spacial score (nSPS) is 21.6. The van der Waals surface area contributed by atoms with Gasteiger partial charge in [-0.1, -0.05) is 12.3 Å². The van der Waals surface area contributed by atoms with E-state index in [1.54, 1.807) is 0 Å². The zero-order valence-electron chi connectivity index (χ0n) is 10.1. The third-order valence-corrected chi connectivity index (χ3v) is 2.83. The molecule has 1 saturated heterocycles. The second-order valence-corrected chi connectivity index (χ2v) is 3.99. The largest absolute Gasteiger partial charge is 0.394 e. The van der Waals surface area contributed by atoms with Crippen LogP contribution in [-0.4, -0.2) is 27.4 Å². The molecular weight excluding hydrogens is 248 g/mol. The third-order valence-electron chi connectivity index (χ3n) is 2.83. The lowest BCUT2D eigenvalue weighted by molar-refractivity contribution is -0.0247. The lowest BCUT2D eigenvalue weighted by atomic mass is 10.2. The van der Waals surface area contributed by atoms with Gasteiger partial charge in [0.05, 0.1) is 12.7 Å². The average molecular weight is 260 g/mol. The molecule has 1 aromatic rings. The molecular formula is C13H12N2O4.